The SMILES string of the molecule is O=C(N[C@H](Cc1ccccc1Cl)[C@@H](O)C(=O)O)c1cc2n(n1)CCOc1ccccc1-2. The predicted octanol–water partition coefficient (Wildman–Crippen LogP) is 2.38. The Labute approximate surface area is 183 Å². The quantitative estimate of drug-likeness (QED) is 0.541. The highest BCUT2D eigenvalue weighted by Crippen LogP contribution is 2.32. The number of nitrogens with one attached hydrogen (secondary N) is 1. The van der Waals surface area contributed by atoms with Crippen molar-refractivity contribution in [3.63, 3.8) is 0 Å². The summed E-state index contributed by atoms with van der Waals surface area (Å²) in [7, 11) is 0. The molecule has 0 bridgehead atoms. The Kier molecular flexibility index (Phi) is 5.92. The monoisotopic (exact) mass is 441 g/mol. The molecule has 4 rings (SSSR count). The van der Waals surface area contributed by atoms with Gasteiger partial charge in [0.25, 0.3) is 5.91 Å². The van der Waals surface area contributed by atoms with Crippen molar-refractivity contribution in [2.24, 2.45) is 0 Å². The number of carbonyl (C=O) groups excluding carboxylic acids is 1. The average Bonchev–Trinajstić information content (AvgIpc) is 3.11. The zero-order valence-electron chi connectivity index (χ0n) is 16.4. The third kappa shape index (κ3) is 4.40. The molecule has 0 saturated heterocycles. The Bertz CT molecular complexity index is 1130. The van der Waals surface area contributed by atoms with Crippen molar-refractivity contribution in [3.05, 3.63) is 70.9 Å². The van der Waals surface area contributed by atoms with Gasteiger partial charge in [-0.1, -0.05) is 41.9 Å². The van der Waals surface area contributed by atoms with Gasteiger partial charge in [0, 0.05) is 10.6 Å². The summed E-state index contributed by atoms with van der Waals surface area (Å²) in [4.78, 5) is 24.3. The van der Waals surface area contributed by atoms with E-state index in [4.69, 9.17) is 16.3 Å². The van der Waals surface area contributed by atoms with Crippen molar-refractivity contribution >= 4 is 23.5 Å². The van der Waals surface area contributed by atoms with E-state index in [-0.39, 0.29) is 12.1 Å². The minimum absolute atomic E-state index is 0.0448. The van der Waals surface area contributed by atoms with E-state index < -0.39 is 24.0 Å². The lowest BCUT2D eigenvalue weighted by Crippen LogP contribution is -2.48. The molecule has 9 heteroatoms. The second-order valence-corrected chi connectivity index (χ2v) is 7.55. The van der Waals surface area contributed by atoms with Crippen LogP contribution in [0.4, 0.5) is 0 Å². The maximum absolute atomic E-state index is 12.9. The first kappa shape index (κ1) is 20.9. The Morgan fingerprint density at radius 3 is 2.71 bits per heavy atom. The van der Waals surface area contributed by atoms with Crippen LogP contribution in [0.2, 0.25) is 5.02 Å². The molecule has 0 fully saturated rings. The number of amides is 1. The van der Waals surface area contributed by atoms with Crippen molar-refractivity contribution < 1.29 is 24.5 Å². The van der Waals surface area contributed by atoms with Gasteiger partial charge >= 0.3 is 5.97 Å². The van der Waals surface area contributed by atoms with E-state index in [1.807, 2.05) is 24.3 Å². The summed E-state index contributed by atoms with van der Waals surface area (Å²) in [5.74, 6) is -1.33. The van der Waals surface area contributed by atoms with Crippen molar-refractivity contribution in [1.82, 2.24) is 15.1 Å². The fourth-order valence-electron chi connectivity index (χ4n) is 3.52. The Hall–Kier alpha value is -3.36. The molecule has 0 unspecified atom stereocenters. The molecule has 2 heterocycles. The molecule has 1 aliphatic rings. The molecule has 1 amide bonds. The van der Waals surface area contributed by atoms with Gasteiger partial charge in [-0.3, -0.25) is 9.48 Å². The lowest BCUT2D eigenvalue weighted by Gasteiger charge is -2.21. The standard InChI is InChI=1S/C22H20ClN3O5/c23-15-7-3-1-5-13(15)11-16(20(27)22(29)30)24-21(28)17-12-18-14-6-2-4-8-19(14)31-10-9-26(18)25-17/h1-8,12,16,20,27H,9-11H2,(H,24,28)(H,29,30)/t16-,20-/m1/s1. The van der Waals surface area contributed by atoms with Gasteiger partial charge in [-0.2, -0.15) is 5.10 Å². The molecule has 2 atom stereocenters. The van der Waals surface area contributed by atoms with Crippen LogP contribution in [0.25, 0.3) is 11.3 Å². The van der Waals surface area contributed by atoms with Crippen molar-refractivity contribution in [2.45, 2.75) is 25.1 Å². The number of aromatic nitrogens is 2. The largest absolute Gasteiger partial charge is 0.491 e. The van der Waals surface area contributed by atoms with Crippen molar-refractivity contribution in [3.8, 4) is 17.0 Å². The minimum atomic E-state index is -1.81. The third-order valence-corrected chi connectivity index (χ3v) is 5.45. The minimum Gasteiger partial charge on any atom is -0.491 e. The van der Waals surface area contributed by atoms with Gasteiger partial charge in [0.15, 0.2) is 11.8 Å². The van der Waals surface area contributed by atoms with Crippen LogP contribution in [0.3, 0.4) is 0 Å². The first-order chi connectivity index (χ1) is 14.9. The number of para-hydroxylation sites is 1. The van der Waals surface area contributed by atoms with Crippen LogP contribution in [0.1, 0.15) is 16.1 Å². The normalized spacial score (nSPS) is 14.4. The number of aliphatic carboxylic acids is 1. The Balaban J connectivity index is 1.60. The van der Waals surface area contributed by atoms with E-state index >= 15 is 0 Å². The highest BCUT2D eigenvalue weighted by molar-refractivity contribution is 6.31. The number of aliphatic hydroxyl groups excluding tert-OH is 1. The zero-order chi connectivity index (χ0) is 22.0. The summed E-state index contributed by atoms with van der Waals surface area (Å²) in [6, 6.07) is 14.9. The number of halogens is 1. The summed E-state index contributed by atoms with van der Waals surface area (Å²) in [6.45, 7) is 0.859. The first-order valence-electron chi connectivity index (χ1n) is 9.69. The molecule has 0 saturated carbocycles. The maximum atomic E-state index is 12.9. The van der Waals surface area contributed by atoms with Gasteiger partial charge < -0.3 is 20.3 Å². The average molecular weight is 442 g/mol. The Morgan fingerprint density at radius 1 is 1.19 bits per heavy atom. The van der Waals surface area contributed by atoms with Crippen molar-refractivity contribution in [1.29, 1.82) is 0 Å². The predicted molar refractivity (Wildman–Crippen MR) is 113 cm³/mol. The lowest BCUT2D eigenvalue weighted by atomic mass is 10.0. The molecule has 2 aromatic carbocycles. The van der Waals surface area contributed by atoms with E-state index in [0.29, 0.717) is 29.5 Å². The van der Waals surface area contributed by atoms with Crippen LogP contribution in [-0.4, -0.2) is 50.6 Å². The molecular weight excluding hydrogens is 422 g/mol. The van der Waals surface area contributed by atoms with E-state index in [1.54, 1.807) is 35.0 Å². The van der Waals surface area contributed by atoms with Gasteiger partial charge in [-0.25, -0.2) is 4.79 Å². The second kappa shape index (κ2) is 8.79. The number of carboxylic acids is 1. The fraction of sp³-hybridized carbons (Fsp3) is 0.227. The summed E-state index contributed by atoms with van der Waals surface area (Å²) in [5.41, 5.74) is 2.26. The highest BCUT2D eigenvalue weighted by Gasteiger charge is 2.30. The molecule has 3 aromatic rings. The molecule has 0 spiro atoms. The third-order valence-electron chi connectivity index (χ3n) is 5.08. The number of rotatable bonds is 6. The van der Waals surface area contributed by atoms with Gasteiger partial charge in [0.05, 0.1) is 18.3 Å². The molecule has 160 valence electrons. The van der Waals surface area contributed by atoms with E-state index in [2.05, 4.69) is 10.4 Å². The molecule has 1 aliphatic heterocycles. The van der Waals surface area contributed by atoms with Crippen LogP contribution in [0.5, 0.6) is 5.75 Å². The number of hydrogen-bond donors (Lipinski definition) is 3. The number of carbonyl (C=O) groups is 2. The van der Waals surface area contributed by atoms with Crippen LogP contribution in [0, 0.1) is 0 Å². The molecule has 1 aromatic heterocycles. The van der Waals surface area contributed by atoms with Crippen LogP contribution >= 0.6 is 11.6 Å². The summed E-state index contributed by atoms with van der Waals surface area (Å²) >= 11 is 6.17. The summed E-state index contributed by atoms with van der Waals surface area (Å²) in [6.07, 6.45) is -1.77. The van der Waals surface area contributed by atoms with E-state index in [9.17, 15) is 19.8 Å². The number of nitrogens with zero attached hydrogens (tertiary/aromatic N) is 2. The molecule has 0 aliphatic carbocycles. The van der Waals surface area contributed by atoms with Gasteiger partial charge in [0.1, 0.15) is 12.4 Å². The first-order valence-corrected chi connectivity index (χ1v) is 10.1. The number of hydrogen-bond acceptors (Lipinski definition) is 5. The van der Waals surface area contributed by atoms with E-state index in [0.717, 1.165) is 11.3 Å². The van der Waals surface area contributed by atoms with E-state index in [1.165, 1.54) is 0 Å². The molecule has 0 radical (unpaired) electrons. The second-order valence-electron chi connectivity index (χ2n) is 7.14. The van der Waals surface area contributed by atoms with Crippen LogP contribution in [0.15, 0.2) is 54.6 Å². The number of ether oxygens (including phenoxy) is 1. The Morgan fingerprint density at radius 2 is 1.94 bits per heavy atom. The number of fused-ring (bicyclic) bond motifs is 3. The smallest absolute Gasteiger partial charge is 0.334 e. The number of benzene rings is 2. The molecule has 8 nitrogen and oxygen atoms in total. The van der Waals surface area contributed by atoms with Gasteiger partial charge in [-0.15, -0.1) is 0 Å². The molecular formula is C22H20ClN3O5. The van der Waals surface area contributed by atoms with Crippen molar-refractivity contribution in [2.75, 3.05) is 6.61 Å². The van der Waals surface area contributed by atoms with Crippen LogP contribution < -0.4 is 10.1 Å². The number of aliphatic hydroxyl groups is 1. The van der Waals surface area contributed by atoms with Gasteiger partial charge in [0.2, 0.25) is 0 Å². The van der Waals surface area contributed by atoms with Gasteiger partial charge in [-0.05, 0) is 36.2 Å². The summed E-state index contributed by atoms with van der Waals surface area (Å²) in [5, 5.41) is 26.8. The summed E-state index contributed by atoms with van der Waals surface area (Å²) < 4.78 is 7.40. The lowest BCUT2D eigenvalue weighted by molar-refractivity contribution is -0.148. The highest BCUT2D eigenvalue weighted by atomic mass is 35.5. The topological polar surface area (TPSA) is 114 Å². The molecule has 31 heavy (non-hydrogen) atoms. The molecule has 3 N–H and O–H groups in total. The number of carboxylic acid groups (broad SMARTS) is 1. The fourth-order valence-corrected chi connectivity index (χ4v) is 3.73. The maximum Gasteiger partial charge on any atom is 0.334 e. The van der Waals surface area contributed by atoms with Crippen LogP contribution in [-0.2, 0) is 17.8 Å². The zero-order valence-corrected chi connectivity index (χ0v) is 17.1.